The van der Waals surface area contributed by atoms with Crippen molar-refractivity contribution in [2.24, 2.45) is 0 Å². The molecule has 21 heavy (non-hydrogen) atoms. The van der Waals surface area contributed by atoms with Crippen LogP contribution < -0.4 is 10.6 Å². The largest absolute Gasteiger partial charge is 0.383 e. The van der Waals surface area contributed by atoms with E-state index in [1.165, 1.54) is 24.4 Å². The Labute approximate surface area is 120 Å². The molecule has 0 bridgehead atoms. The summed E-state index contributed by atoms with van der Waals surface area (Å²) in [6.07, 6.45) is 1.53. The summed E-state index contributed by atoms with van der Waals surface area (Å²) in [5.74, 6) is -0.411. The molecule has 1 aromatic heterocycles. The fraction of sp³-hybridized carbons (Fsp3) is 0.154. The molecule has 0 saturated carbocycles. The molecule has 0 radical (unpaired) electrons. The van der Waals surface area contributed by atoms with Crippen molar-refractivity contribution in [1.82, 2.24) is 15.5 Å². The summed E-state index contributed by atoms with van der Waals surface area (Å²) in [7, 11) is 1.58. The van der Waals surface area contributed by atoms with Crippen LogP contribution in [0.5, 0.6) is 0 Å². The Morgan fingerprint density at radius 3 is 2.81 bits per heavy atom. The molecular weight excluding hydrogens is 274 g/mol. The number of carbonyl (C=O) groups excluding carboxylic acids is 1. The van der Waals surface area contributed by atoms with Crippen LogP contribution >= 0.6 is 0 Å². The average molecular weight is 287 g/mol. The van der Waals surface area contributed by atoms with Gasteiger partial charge in [0.2, 0.25) is 0 Å². The van der Waals surface area contributed by atoms with E-state index >= 15 is 0 Å². The highest BCUT2D eigenvalue weighted by molar-refractivity contribution is 5.95. The SMILES string of the molecule is CNc1ccc(C(=O)NCc2cccnn2)cc1[N+](=O)[O-]. The molecule has 2 aromatic rings. The summed E-state index contributed by atoms with van der Waals surface area (Å²) >= 11 is 0. The van der Waals surface area contributed by atoms with Crippen LogP contribution in [-0.4, -0.2) is 28.1 Å². The molecule has 0 aliphatic heterocycles. The highest BCUT2D eigenvalue weighted by atomic mass is 16.6. The molecular formula is C13H13N5O3. The molecule has 2 N–H and O–H groups in total. The van der Waals surface area contributed by atoms with Crippen LogP contribution in [-0.2, 0) is 6.54 Å². The third kappa shape index (κ3) is 3.50. The summed E-state index contributed by atoms with van der Waals surface area (Å²) in [6, 6.07) is 7.68. The van der Waals surface area contributed by atoms with Crippen LogP contribution in [0.4, 0.5) is 11.4 Å². The minimum atomic E-state index is -0.536. The van der Waals surface area contributed by atoms with E-state index in [0.717, 1.165) is 0 Å². The van der Waals surface area contributed by atoms with Crippen LogP contribution in [0.25, 0.3) is 0 Å². The second-order valence-electron chi connectivity index (χ2n) is 4.14. The van der Waals surface area contributed by atoms with Gasteiger partial charge in [-0.15, -0.1) is 0 Å². The number of nitrogens with one attached hydrogen (secondary N) is 2. The molecule has 0 aliphatic rings. The van der Waals surface area contributed by atoms with Gasteiger partial charge in [0.25, 0.3) is 11.6 Å². The summed E-state index contributed by atoms with van der Waals surface area (Å²) < 4.78 is 0. The highest BCUT2D eigenvalue weighted by Crippen LogP contribution is 2.24. The maximum Gasteiger partial charge on any atom is 0.293 e. The number of nitro groups is 1. The van der Waals surface area contributed by atoms with E-state index in [9.17, 15) is 14.9 Å². The van der Waals surface area contributed by atoms with Crippen LogP contribution in [0.3, 0.4) is 0 Å². The lowest BCUT2D eigenvalue weighted by Gasteiger charge is -2.06. The standard InChI is InChI=1S/C13H13N5O3/c1-14-11-5-4-9(7-12(11)18(20)21)13(19)15-8-10-3-2-6-16-17-10/h2-7,14H,8H2,1H3,(H,15,19). The number of hydrogen-bond acceptors (Lipinski definition) is 6. The Bertz CT molecular complexity index is 660. The predicted octanol–water partition coefficient (Wildman–Crippen LogP) is 1.36. The maximum absolute atomic E-state index is 12.0. The van der Waals surface area contributed by atoms with Gasteiger partial charge in [-0.25, -0.2) is 0 Å². The smallest absolute Gasteiger partial charge is 0.293 e. The van der Waals surface area contributed by atoms with Crippen molar-refractivity contribution in [2.75, 3.05) is 12.4 Å². The first kappa shape index (κ1) is 14.4. The van der Waals surface area contributed by atoms with E-state index < -0.39 is 10.8 Å². The zero-order valence-corrected chi connectivity index (χ0v) is 11.2. The number of rotatable bonds is 5. The van der Waals surface area contributed by atoms with Crippen molar-refractivity contribution >= 4 is 17.3 Å². The number of carbonyl (C=O) groups is 1. The second-order valence-corrected chi connectivity index (χ2v) is 4.14. The monoisotopic (exact) mass is 287 g/mol. The van der Waals surface area contributed by atoms with Crippen molar-refractivity contribution < 1.29 is 9.72 Å². The highest BCUT2D eigenvalue weighted by Gasteiger charge is 2.16. The van der Waals surface area contributed by atoms with Crippen LogP contribution in [0, 0.1) is 10.1 Å². The number of aromatic nitrogens is 2. The van der Waals surface area contributed by atoms with Crippen LogP contribution in [0.1, 0.15) is 16.1 Å². The minimum Gasteiger partial charge on any atom is -0.383 e. The third-order valence-electron chi connectivity index (χ3n) is 2.78. The van der Waals surface area contributed by atoms with Crippen molar-refractivity contribution in [1.29, 1.82) is 0 Å². The molecule has 0 unspecified atom stereocenters. The lowest BCUT2D eigenvalue weighted by molar-refractivity contribution is -0.384. The Morgan fingerprint density at radius 2 is 2.19 bits per heavy atom. The van der Waals surface area contributed by atoms with Crippen LogP contribution in [0.15, 0.2) is 36.5 Å². The first-order chi connectivity index (χ1) is 10.1. The zero-order valence-electron chi connectivity index (χ0n) is 11.2. The van der Waals surface area contributed by atoms with Gasteiger partial charge < -0.3 is 10.6 Å². The van der Waals surface area contributed by atoms with Crippen LogP contribution in [0.2, 0.25) is 0 Å². The Kier molecular flexibility index (Phi) is 4.39. The summed E-state index contributed by atoms with van der Waals surface area (Å²) in [4.78, 5) is 22.4. The Hall–Kier alpha value is -3.03. The Morgan fingerprint density at radius 1 is 1.38 bits per heavy atom. The lowest BCUT2D eigenvalue weighted by atomic mass is 10.1. The summed E-state index contributed by atoms with van der Waals surface area (Å²) in [5.41, 5.74) is 1.02. The number of nitrogens with zero attached hydrogens (tertiary/aromatic N) is 3. The first-order valence-electron chi connectivity index (χ1n) is 6.13. The second kappa shape index (κ2) is 6.42. The molecule has 8 heteroatoms. The molecule has 1 heterocycles. The molecule has 0 fully saturated rings. The minimum absolute atomic E-state index is 0.148. The molecule has 0 atom stereocenters. The van der Waals surface area contributed by atoms with E-state index in [1.807, 2.05) is 0 Å². The molecule has 108 valence electrons. The van der Waals surface area contributed by atoms with E-state index in [0.29, 0.717) is 11.4 Å². The van der Waals surface area contributed by atoms with Gasteiger partial charge in [-0.3, -0.25) is 14.9 Å². The van der Waals surface area contributed by atoms with Gasteiger partial charge in [-0.1, -0.05) is 0 Å². The predicted molar refractivity (Wildman–Crippen MR) is 75.8 cm³/mol. The fourth-order valence-corrected chi connectivity index (χ4v) is 1.74. The number of hydrogen-bond donors (Lipinski definition) is 2. The summed E-state index contributed by atoms with van der Waals surface area (Å²) in [6.45, 7) is 0.203. The van der Waals surface area contributed by atoms with Gasteiger partial charge >= 0.3 is 0 Å². The van der Waals surface area contributed by atoms with Gasteiger partial charge in [-0.05, 0) is 24.3 Å². The Balaban J connectivity index is 2.12. The van der Waals surface area contributed by atoms with Gasteiger partial charge in [0, 0.05) is 24.9 Å². The fourth-order valence-electron chi connectivity index (χ4n) is 1.74. The number of nitro benzene ring substituents is 1. The molecule has 8 nitrogen and oxygen atoms in total. The van der Waals surface area contributed by atoms with Gasteiger partial charge in [0.15, 0.2) is 0 Å². The van der Waals surface area contributed by atoms with Gasteiger partial charge in [0.1, 0.15) is 5.69 Å². The van der Waals surface area contributed by atoms with E-state index in [-0.39, 0.29) is 17.8 Å². The van der Waals surface area contributed by atoms with Gasteiger partial charge in [-0.2, -0.15) is 10.2 Å². The summed E-state index contributed by atoms with van der Waals surface area (Å²) in [5, 5.41) is 23.8. The molecule has 0 aliphatic carbocycles. The lowest BCUT2D eigenvalue weighted by Crippen LogP contribution is -2.23. The maximum atomic E-state index is 12.0. The number of amides is 1. The molecule has 0 spiro atoms. The topological polar surface area (TPSA) is 110 Å². The van der Waals surface area contributed by atoms with Crippen molar-refractivity contribution in [3.63, 3.8) is 0 Å². The van der Waals surface area contributed by atoms with Crippen molar-refractivity contribution in [2.45, 2.75) is 6.54 Å². The molecule has 1 amide bonds. The van der Waals surface area contributed by atoms with E-state index in [2.05, 4.69) is 20.8 Å². The van der Waals surface area contributed by atoms with Crippen molar-refractivity contribution in [3.05, 3.63) is 57.9 Å². The zero-order chi connectivity index (χ0) is 15.2. The number of anilines is 1. The molecule has 2 rings (SSSR count). The first-order valence-corrected chi connectivity index (χ1v) is 6.13. The van der Waals surface area contributed by atoms with E-state index in [1.54, 1.807) is 19.2 Å². The van der Waals surface area contributed by atoms with Crippen molar-refractivity contribution in [3.8, 4) is 0 Å². The normalized spacial score (nSPS) is 9.95. The number of benzene rings is 1. The van der Waals surface area contributed by atoms with E-state index in [4.69, 9.17) is 0 Å². The molecule has 1 aromatic carbocycles. The third-order valence-corrected chi connectivity index (χ3v) is 2.78. The average Bonchev–Trinajstić information content (AvgIpc) is 2.52. The quantitative estimate of drug-likeness (QED) is 0.634. The molecule has 0 saturated heterocycles. The van der Waals surface area contributed by atoms with Gasteiger partial charge in [0.05, 0.1) is 17.2 Å².